The van der Waals surface area contributed by atoms with Gasteiger partial charge in [0.05, 0.1) is 11.7 Å². The summed E-state index contributed by atoms with van der Waals surface area (Å²) in [6.45, 7) is 5.37. The van der Waals surface area contributed by atoms with Crippen LogP contribution < -0.4 is 5.32 Å². The zero-order valence-electron chi connectivity index (χ0n) is 11.6. The predicted molar refractivity (Wildman–Crippen MR) is 68.8 cm³/mol. The lowest BCUT2D eigenvalue weighted by molar-refractivity contribution is -0.140. The summed E-state index contributed by atoms with van der Waals surface area (Å²) >= 11 is 0. The summed E-state index contributed by atoms with van der Waals surface area (Å²) in [6.07, 6.45) is -3.72. The number of benzene rings is 1. The van der Waals surface area contributed by atoms with Crippen LogP contribution in [-0.4, -0.2) is 19.3 Å². The van der Waals surface area contributed by atoms with Gasteiger partial charge in [0.25, 0.3) is 0 Å². The summed E-state index contributed by atoms with van der Waals surface area (Å²) in [5.41, 5.74) is -0.816. The maximum Gasteiger partial charge on any atom is 0.419 e. The Morgan fingerprint density at radius 2 is 1.95 bits per heavy atom. The first-order valence-corrected chi connectivity index (χ1v) is 6.48. The van der Waals surface area contributed by atoms with E-state index in [0.29, 0.717) is 18.7 Å². The Labute approximate surface area is 116 Å². The monoisotopic (exact) mass is 293 g/mol. The first-order chi connectivity index (χ1) is 9.30. The first kappa shape index (κ1) is 16.9. The van der Waals surface area contributed by atoms with E-state index in [2.05, 4.69) is 5.32 Å². The van der Waals surface area contributed by atoms with Crippen LogP contribution in [0.25, 0.3) is 0 Å². The van der Waals surface area contributed by atoms with Gasteiger partial charge in [-0.2, -0.15) is 13.2 Å². The Morgan fingerprint density at radius 1 is 1.25 bits per heavy atom. The first-order valence-electron chi connectivity index (χ1n) is 6.48. The molecule has 0 saturated heterocycles. The van der Waals surface area contributed by atoms with Crippen molar-refractivity contribution in [3.05, 3.63) is 35.1 Å². The molecule has 20 heavy (non-hydrogen) atoms. The van der Waals surface area contributed by atoms with Crippen LogP contribution in [0.2, 0.25) is 0 Å². The summed E-state index contributed by atoms with van der Waals surface area (Å²) in [5.74, 6) is -1.24. The van der Waals surface area contributed by atoms with E-state index in [1.807, 2.05) is 13.8 Å². The number of hydrogen-bond donors (Lipinski definition) is 1. The lowest BCUT2D eigenvalue weighted by Gasteiger charge is -2.11. The van der Waals surface area contributed by atoms with Crippen molar-refractivity contribution in [2.45, 2.75) is 39.1 Å². The van der Waals surface area contributed by atoms with E-state index in [9.17, 15) is 17.6 Å². The Bertz CT molecular complexity index is 418. The van der Waals surface area contributed by atoms with Crippen molar-refractivity contribution in [2.24, 2.45) is 0 Å². The number of rotatable bonds is 7. The highest BCUT2D eigenvalue weighted by Gasteiger charge is 2.34. The molecule has 0 saturated carbocycles. The van der Waals surface area contributed by atoms with Crippen LogP contribution in [0, 0.1) is 5.82 Å². The van der Waals surface area contributed by atoms with Crippen LogP contribution in [0.5, 0.6) is 0 Å². The number of ether oxygens (including phenoxy) is 1. The molecule has 1 rings (SSSR count). The summed E-state index contributed by atoms with van der Waals surface area (Å²) in [7, 11) is 0. The van der Waals surface area contributed by atoms with Gasteiger partial charge in [0.15, 0.2) is 0 Å². The summed E-state index contributed by atoms with van der Waals surface area (Å²) < 4.78 is 56.0. The molecule has 0 spiro atoms. The third-order valence-electron chi connectivity index (χ3n) is 2.61. The molecule has 0 aromatic heterocycles. The van der Waals surface area contributed by atoms with Gasteiger partial charge in [-0.25, -0.2) is 4.39 Å². The van der Waals surface area contributed by atoms with Crippen molar-refractivity contribution in [3.8, 4) is 0 Å². The fourth-order valence-electron chi connectivity index (χ4n) is 1.65. The van der Waals surface area contributed by atoms with Gasteiger partial charge < -0.3 is 10.1 Å². The fourth-order valence-corrected chi connectivity index (χ4v) is 1.65. The zero-order valence-corrected chi connectivity index (χ0v) is 11.6. The Hall–Kier alpha value is -1.14. The third-order valence-corrected chi connectivity index (χ3v) is 2.61. The highest BCUT2D eigenvalue weighted by Crippen LogP contribution is 2.31. The lowest BCUT2D eigenvalue weighted by atomic mass is 10.1. The van der Waals surface area contributed by atoms with Gasteiger partial charge in [-0.1, -0.05) is 6.07 Å². The minimum atomic E-state index is -4.66. The largest absolute Gasteiger partial charge is 0.419 e. The topological polar surface area (TPSA) is 21.3 Å². The SMILES string of the molecule is CC(C)OCCCNCc1ccc(F)c(C(F)(F)F)c1. The molecule has 0 radical (unpaired) electrons. The molecule has 0 atom stereocenters. The second-order valence-electron chi connectivity index (χ2n) is 4.76. The zero-order chi connectivity index (χ0) is 15.2. The number of nitrogens with one attached hydrogen (secondary N) is 1. The number of halogens is 4. The minimum absolute atomic E-state index is 0.168. The van der Waals surface area contributed by atoms with Crippen LogP contribution in [0.4, 0.5) is 17.6 Å². The molecule has 0 amide bonds. The normalized spacial score (nSPS) is 12.2. The molecule has 0 fully saturated rings. The molecule has 0 unspecified atom stereocenters. The van der Waals surface area contributed by atoms with Gasteiger partial charge in [0.2, 0.25) is 0 Å². The van der Waals surface area contributed by atoms with E-state index in [0.717, 1.165) is 18.6 Å². The predicted octanol–water partition coefficient (Wildman–Crippen LogP) is 3.75. The molecule has 6 heteroatoms. The van der Waals surface area contributed by atoms with E-state index in [4.69, 9.17) is 4.74 Å². The molecular weight excluding hydrogens is 274 g/mol. The number of hydrogen-bond acceptors (Lipinski definition) is 2. The average molecular weight is 293 g/mol. The summed E-state index contributed by atoms with van der Waals surface area (Å²) in [5, 5.41) is 3.00. The van der Waals surface area contributed by atoms with Gasteiger partial charge in [-0.3, -0.25) is 0 Å². The minimum Gasteiger partial charge on any atom is -0.379 e. The van der Waals surface area contributed by atoms with Gasteiger partial charge in [-0.15, -0.1) is 0 Å². The maximum atomic E-state index is 13.1. The number of alkyl halides is 3. The second-order valence-corrected chi connectivity index (χ2v) is 4.76. The van der Waals surface area contributed by atoms with Crippen LogP contribution in [0.1, 0.15) is 31.4 Å². The van der Waals surface area contributed by atoms with Gasteiger partial charge in [0, 0.05) is 13.2 Å². The quantitative estimate of drug-likeness (QED) is 0.610. The van der Waals surface area contributed by atoms with Crippen LogP contribution in [0.3, 0.4) is 0 Å². The Morgan fingerprint density at radius 3 is 2.55 bits per heavy atom. The van der Waals surface area contributed by atoms with Crippen molar-refractivity contribution >= 4 is 0 Å². The van der Waals surface area contributed by atoms with E-state index in [1.54, 1.807) is 0 Å². The highest BCUT2D eigenvalue weighted by atomic mass is 19.4. The van der Waals surface area contributed by atoms with Gasteiger partial charge in [-0.05, 0) is 44.5 Å². The van der Waals surface area contributed by atoms with E-state index in [-0.39, 0.29) is 12.6 Å². The van der Waals surface area contributed by atoms with Crippen LogP contribution >= 0.6 is 0 Å². The van der Waals surface area contributed by atoms with E-state index < -0.39 is 17.6 Å². The molecular formula is C14H19F4NO. The molecule has 1 aromatic carbocycles. The van der Waals surface area contributed by atoms with Crippen molar-refractivity contribution in [3.63, 3.8) is 0 Å². The highest BCUT2D eigenvalue weighted by molar-refractivity contribution is 5.27. The Balaban J connectivity index is 2.41. The maximum absolute atomic E-state index is 13.1. The van der Waals surface area contributed by atoms with Crippen molar-refractivity contribution in [1.29, 1.82) is 0 Å². The molecule has 0 aliphatic heterocycles. The Kier molecular flexibility index (Phi) is 6.42. The molecule has 2 nitrogen and oxygen atoms in total. The smallest absolute Gasteiger partial charge is 0.379 e. The molecule has 1 aromatic rings. The third kappa shape index (κ3) is 5.88. The van der Waals surface area contributed by atoms with Gasteiger partial charge >= 0.3 is 6.18 Å². The molecule has 0 aliphatic rings. The van der Waals surface area contributed by atoms with Crippen molar-refractivity contribution in [2.75, 3.05) is 13.2 Å². The molecule has 0 bridgehead atoms. The molecule has 0 heterocycles. The van der Waals surface area contributed by atoms with E-state index in [1.165, 1.54) is 6.07 Å². The van der Waals surface area contributed by atoms with Crippen molar-refractivity contribution in [1.82, 2.24) is 5.32 Å². The van der Waals surface area contributed by atoms with Crippen molar-refractivity contribution < 1.29 is 22.3 Å². The van der Waals surface area contributed by atoms with Crippen LogP contribution in [0.15, 0.2) is 18.2 Å². The molecule has 1 N–H and O–H groups in total. The standard InChI is InChI=1S/C14H19F4NO/c1-10(2)20-7-3-6-19-9-11-4-5-13(15)12(8-11)14(16,17)18/h4-5,8,10,19H,3,6-7,9H2,1-2H3. The summed E-state index contributed by atoms with van der Waals surface area (Å²) in [6, 6.07) is 3.04. The average Bonchev–Trinajstić information content (AvgIpc) is 2.33. The van der Waals surface area contributed by atoms with Gasteiger partial charge in [0.1, 0.15) is 5.82 Å². The fraction of sp³-hybridized carbons (Fsp3) is 0.571. The molecule has 114 valence electrons. The lowest BCUT2D eigenvalue weighted by Crippen LogP contribution is -2.18. The van der Waals surface area contributed by atoms with Crippen LogP contribution in [-0.2, 0) is 17.5 Å². The van der Waals surface area contributed by atoms with E-state index >= 15 is 0 Å². The summed E-state index contributed by atoms with van der Waals surface area (Å²) in [4.78, 5) is 0. The molecule has 0 aliphatic carbocycles. The second kappa shape index (κ2) is 7.59.